The average molecular weight is 578 g/mol. The smallest absolute Gasteiger partial charge is 0.254 e. The van der Waals surface area contributed by atoms with Crippen molar-refractivity contribution in [1.29, 1.82) is 0 Å². The quantitative estimate of drug-likeness (QED) is 0.169. The SMILES string of the molecule is CC1=C(C(=O)Nc2cc(F)c(F)cc2F)C(c2ccc([NH+]([O-])O)cc2)C(C(=O)Nc2cc(F)c(F)cc2F)=C(C)N1. The molecule has 4 rings (SSSR count). The van der Waals surface area contributed by atoms with Crippen molar-refractivity contribution in [3.05, 3.63) is 117 Å². The third-order valence-corrected chi connectivity index (χ3v) is 6.26. The number of nitrogens with one attached hydrogen (secondary N) is 4. The summed E-state index contributed by atoms with van der Waals surface area (Å²) in [5, 5.41) is 26.4. The molecular formula is C27H20F6N4O4. The van der Waals surface area contributed by atoms with Crippen molar-refractivity contribution in [2.24, 2.45) is 0 Å². The van der Waals surface area contributed by atoms with Crippen LogP contribution < -0.4 is 21.2 Å². The maximum Gasteiger partial charge on any atom is 0.254 e. The summed E-state index contributed by atoms with van der Waals surface area (Å²) in [4.78, 5) is 26.9. The van der Waals surface area contributed by atoms with Gasteiger partial charge < -0.3 is 21.2 Å². The summed E-state index contributed by atoms with van der Waals surface area (Å²) in [6.07, 6.45) is 0. The maximum absolute atomic E-state index is 14.3. The van der Waals surface area contributed by atoms with Gasteiger partial charge in [0.05, 0.1) is 11.4 Å². The Balaban J connectivity index is 1.80. The predicted octanol–water partition coefficient (Wildman–Crippen LogP) is 4.44. The molecule has 1 aliphatic rings. The minimum Gasteiger partial charge on any atom is -0.595 e. The number of anilines is 2. The van der Waals surface area contributed by atoms with Crippen LogP contribution in [-0.4, -0.2) is 17.0 Å². The first kappa shape index (κ1) is 29.3. The lowest BCUT2D eigenvalue weighted by molar-refractivity contribution is -0.991. The number of hydrogen-bond acceptors (Lipinski definition) is 5. The number of amides is 2. The first-order valence-electron chi connectivity index (χ1n) is 11.7. The van der Waals surface area contributed by atoms with Gasteiger partial charge in [0, 0.05) is 64.9 Å². The highest BCUT2D eigenvalue weighted by Gasteiger charge is 2.37. The molecule has 0 saturated heterocycles. The standard InChI is InChI=1S/C27H20F6N4O4/c1-11-23(26(38)35-21-9-17(30)15(28)7-19(21)32)25(13-3-5-14(6-4-13)37(40)41)24(12(2)34-11)27(39)36-22-10-18(31)16(29)8-20(22)33/h3-10,25,34,37,40H,1-2H3,(H,35,38)(H,36,39). The van der Waals surface area contributed by atoms with E-state index in [0.29, 0.717) is 12.1 Å². The molecule has 2 amide bonds. The summed E-state index contributed by atoms with van der Waals surface area (Å²) < 4.78 is 83.0. The van der Waals surface area contributed by atoms with Crippen molar-refractivity contribution in [2.75, 3.05) is 10.6 Å². The summed E-state index contributed by atoms with van der Waals surface area (Å²) in [5.74, 6) is -11.9. The molecule has 0 spiro atoms. The monoisotopic (exact) mass is 578 g/mol. The summed E-state index contributed by atoms with van der Waals surface area (Å²) in [5.41, 5.74) is -1.53. The molecule has 214 valence electrons. The Morgan fingerprint density at radius 2 is 1.12 bits per heavy atom. The Kier molecular flexibility index (Phi) is 8.19. The van der Waals surface area contributed by atoms with Crippen LogP contribution in [0.1, 0.15) is 25.3 Å². The van der Waals surface area contributed by atoms with Gasteiger partial charge in [-0.2, -0.15) is 5.23 Å². The van der Waals surface area contributed by atoms with Crippen LogP contribution in [0.3, 0.4) is 0 Å². The van der Waals surface area contributed by atoms with E-state index in [0.717, 1.165) is 0 Å². The number of benzene rings is 3. The van der Waals surface area contributed by atoms with Gasteiger partial charge in [0.2, 0.25) is 0 Å². The van der Waals surface area contributed by atoms with Crippen molar-refractivity contribution in [2.45, 2.75) is 19.8 Å². The van der Waals surface area contributed by atoms with Crippen molar-refractivity contribution in [3.8, 4) is 0 Å². The zero-order chi connectivity index (χ0) is 30.2. The Labute approximate surface area is 228 Å². The van der Waals surface area contributed by atoms with Gasteiger partial charge in [0.1, 0.15) is 11.6 Å². The van der Waals surface area contributed by atoms with Crippen molar-refractivity contribution in [1.82, 2.24) is 5.32 Å². The molecule has 3 aromatic rings. The summed E-state index contributed by atoms with van der Waals surface area (Å²) in [6, 6.07) is 6.30. The molecule has 41 heavy (non-hydrogen) atoms. The van der Waals surface area contributed by atoms with E-state index in [1.54, 1.807) is 0 Å². The number of rotatable bonds is 6. The zero-order valence-corrected chi connectivity index (χ0v) is 21.1. The fraction of sp³-hybridized carbons (Fsp3) is 0.111. The van der Waals surface area contributed by atoms with E-state index in [4.69, 9.17) is 0 Å². The molecule has 0 fully saturated rings. The normalized spacial score (nSPS) is 14.6. The van der Waals surface area contributed by atoms with Crippen LogP contribution in [0.15, 0.2) is 71.1 Å². The lowest BCUT2D eigenvalue weighted by atomic mass is 9.79. The van der Waals surface area contributed by atoms with E-state index in [1.165, 1.54) is 38.1 Å². The molecule has 5 N–H and O–H groups in total. The first-order valence-corrected chi connectivity index (χ1v) is 11.7. The fourth-order valence-corrected chi connectivity index (χ4v) is 4.36. The van der Waals surface area contributed by atoms with Crippen LogP contribution >= 0.6 is 0 Å². The molecule has 0 saturated carbocycles. The second-order valence-corrected chi connectivity index (χ2v) is 8.96. The first-order chi connectivity index (χ1) is 19.3. The Hall–Kier alpha value is -4.66. The summed E-state index contributed by atoms with van der Waals surface area (Å²) >= 11 is 0. The highest BCUT2D eigenvalue weighted by Crippen LogP contribution is 2.40. The van der Waals surface area contributed by atoms with E-state index in [9.17, 15) is 46.3 Å². The molecule has 8 nitrogen and oxygen atoms in total. The fourth-order valence-electron chi connectivity index (χ4n) is 4.36. The molecule has 1 atom stereocenters. The number of halogens is 6. The van der Waals surface area contributed by atoms with Gasteiger partial charge in [-0.1, -0.05) is 12.1 Å². The Morgan fingerprint density at radius 1 is 0.732 bits per heavy atom. The Morgan fingerprint density at radius 3 is 1.51 bits per heavy atom. The lowest BCUT2D eigenvalue weighted by Gasteiger charge is -2.31. The summed E-state index contributed by atoms with van der Waals surface area (Å²) in [6.45, 7) is 2.87. The van der Waals surface area contributed by atoms with Crippen molar-refractivity contribution >= 4 is 28.9 Å². The Bertz CT molecular complexity index is 1530. The summed E-state index contributed by atoms with van der Waals surface area (Å²) in [7, 11) is 0. The average Bonchev–Trinajstić information content (AvgIpc) is 2.89. The number of dihydropyridines is 1. The van der Waals surface area contributed by atoms with Crippen LogP contribution in [0, 0.1) is 40.1 Å². The molecule has 0 aromatic heterocycles. The zero-order valence-electron chi connectivity index (χ0n) is 21.1. The van der Waals surface area contributed by atoms with Crippen molar-refractivity contribution in [3.63, 3.8) is 0 Å². The van der Waals surface area contributed by atoms with Gasteiger partial charge in [-0.15, -0.1) is 0 Å². The van der Waals surface area contributed by atoms with Crippen LogP contribution in [0.4, 0.5) is 43.4 Å². The van der Waals surface area contributed by atoms with E-state index >= 15 is 0 Å². The highest BCUT2D eigenvalue weighted by atomic mass is 19.2. The molecule has 1 aliphatic heterocycles. The highest BCUT2D eigenvalue weighted by molar-refractivity contribution is 6.12. The van der Waals surface area contributed by atoms with E-state index in [2.05, 4.69) is 16.0 Å². The topological polar surface area (TPSA) is 118 Å². The number of carbonyl (C=O) groups excluding carboxylic acids is 2. The molecule has 1 unspecified atom stereocenters. The number of hydrogen-bond donors (Lipinski definition) is 5. The van der Waals surface area contributed by atoms with E-state index in [1.807, 2.05) is 0 Å². The van der Waals surface area contributed by atoms with Gasteiger partial charge in [-0.3, -0.25) is 9.59 Å². The molecule has 0 bridgehead atoms. The molecule has 0 radical (unpaired) electrons. The minimum absolute atomic E-state index is 0.131. The third-order valence-electron chi connectivity index (χ3n) is 6.26. The molecule has 1 heterocycles. The molecule has 14 heteroatoms. The van der Waals surface area contributed by atoms with Crippen LogP contribution in [0.25, 0.3) is 0 Å². The van der Waals surface area contributed by atoms with E-state index in [-0.39, 0.29) is 45.9 Å². The van der Waals surface area contributed by atoms with Gasteiger partial charge in [-0.05, 0) is 19.4 Å². The van der Waals surface area contributed by atoms with Gasteiger partial charge in [0.25, 0.3) is 11.8 Å². The predicted molar refractivity (Wildman–Crippen MR) is 133 cm³/mol. The van der Waals surface area contributed by atoms with Crippen LogP contribution in [0.2, 0.25) is 0 Å². The number of carbonyl (C=O) groups is 2. The maximum atomic E-state index is 14.3. The van der Waals surface area contributed by atoms with Gasteiger partial charge in [0.15, 0.2) is 29.0 Å². The third kappa shape index (κ3) is 5.94. The molecule has 0 aliphatic carbocycles. The largest absolute Gasteiger partial charge is 0.595 e. The second-order valence-electron chi connectivity index (χ2n) is 8.96. The van der Waals surface area contributed by atoms with Crippen molar-refractivity contribution < 1.29 is 46.4 Å². The molecular weight excluding hydrogens is 558 g/mol. The van der Waals surface area contributed by atoms with Crippen LogP contribution in [-0.2, 0) is 9.59 Å². The van der Waals surface area contributed by atoms with Crippen LogP contribution in [0.5, 0.6) is 0 Å². The lowest BCUT2D eigenvalue weighted by Crippen LogP contribution is -2.99. The van der Waals surface area contributed by atoms with Gasteiger partial charge >= 0.3 is 0 Å². The molecule has 3 aromatic carbocycles. The number of quaternary nitrogens is 1. The number of allylic oxidation sites excluding steroid dienone is 2. The van der Waals surface area contributed by atoms with Gasteiger partial charge in [-0.25, -0.2) is 31.5 Å². The van der Waals surface area contributed by atoms with E-state index < -0.39 is 69.2 Å². The second kappa shape index (κ2) is 11.4. The minimum atomic E-state index is -1.49.